The molecule has 0 bridgehead atoms. The first-order chi connectivity index (χ1) is 10.4. The lowest BCUT2D eigenvalue weighted by molar-refractivity contribution is -0.157. The highest BCUT2D eigenvalue weighted by Crippen LogP contribution is 2.24. The van der Waals surface area contributed by atoms with Gasteiger partial charge in [0, 0.05) is 0 Å². The minimum atomic E-state index is -0.304. The van der Waals surface area contributed by atoms with Crippen molar-refractivity contribution in [2.24, 2.45) is 17.8 Å². The maximum absolute atomic E-state index is 11.8. The van der Waals surface area contributed by atoms with E-state index < -0.39 is 0 Å². The maximum atomic E-state index is 11.8. The summed E-state index contributed by atoms with van der Waals surface area (Å²) >= 11 is 0. The van der Waals surface area contributed by atoms with Crippen LogP contribution in [0.25, 0.3) is 0 Å². The first-order valence-electron chi connectivity index (χ1n) is 8.75. The van der Waals surface area contributed by atoms with Crippen LogP contribution in [0.5, 0.6) is 0 Å². The molecule has 0 unspecified atom stereocenters. The minimum absolute atomic E-state index is 0.0919. The zero-order valence-electron chi connectivity index (χ0n) is 14.6. The molecule has 1 fully saturated rings. The quantitative estimate of drug-likeness (QED) is 0.633. The van der Waals surface area contributed by atoms with Crippen molar-refractivity contribution in [3.8, 4) is 0 Å². The molecule has 1 aliphatic carbocycles. The van der Waals surface area contributed by atoms with Crippen molar-refractivity contribution in [1.29, 1.82) is 0 Å². The van der Waals surface area contributed by atoms with Crippen LogP contribution >= 0.6 is 0 Å². The molecule has 22 heavy (non-hydrogen) atoms. The van der Waals surface area contributed by atoms with Gasteiger partial charge in [-0.05, 0) is 30.6 Å². The lowest BCUT2D eigenvalue weighted by atomic mass is 9.90. The van der Waals surface area contributed by atoms with Crippen molar-refractivity contribution < 1.29 is 19.1 Å². The molecule has 1 aliphatic rings. The number of carbonyl (C=O) groups is 2. The van der Waals surface area contributed by atoms with Crippen LogP contribution in [-0.4, -0.2) is 24.6 Å². The molecule has 0 atom stereocenters. The van der Waals surface area contributed by atoms with E-state index in [2.05, 4.69) is 0 Å². The summed E-state index contributed by atoms with van der Waals surface area (Å²) in [6, 6.07) is 0. The van der Waals surface area contributed by atoms with E-state index in [0.717, 1.165) is 12.8 Å². The molecule has 0 aromatic rings. The Kier molecular flexibility index (Phi) is 8.51. The molecule has 0 heterocycles. The molecule has 0 spiro atoms. The zero-order valence-corrected chi connectivity index (χ0v) is 14.6. The van der Waals surface area contributed by atoms with Crippen molar-refractivity contribution in [3.05, 3.63) is 0 Å². The number of rotatable bonds is 8. The summed E-state index contributed by atoms with van der Waals surface area (Å²) in [6.07, 6.45) is 6.21. The monoisotopic (exact) mass is 312 g/mol. The Morgan fingerprint density at radius 3 is 2.00 bits per heavy atom. The van der Waals surface area contributed by atoms with Crippen molar-refractivity contribution >= 4 is 11.9 Å². The Morgan fingerprint density at radius 2 is 1.45 bits per heavy atom. The van der Waals surface area contributed by atoms with Crippen LogP contribution in [0.1, 0.15) is 72.6 Å². The fourth-order valence-corrected chi connectivity index (χ4v) is 3.09. The van der Waals surface area contributed by atoms with Crippen molar-refractivity contribution in [1.82, 2.24) is 0 Å². The average Bonchev–Trinajstić information content (AvgIpc) is 2.49. The van der Waals surface area contributed by atoms with Crippen LogP contribution in [-0.2, 0) is 19.1 Å². The van der Waals surface area contributed by atoms with Crippen LogP contribution in [0.3, 0.4) is 0 Å². The molecule has 1 saturated carbocycles. The highest BCUT2D eigenvalue weighted by Gasteiger charge is 2.22. The number of ether oxygens (including phenoxy) is 2. The van der Waals surface area contributed by atoms with Gasteiger partial charge in [-0.3, -0.25) is 9.59 Å². The summed E-state index contributed by atoms with van der Waals surface area (Å²) in [5.41, 5.74) is 0. The first kappa shape index (κ1) is 19.0. The van der Waals surface area contributed by atoms with E-state index in [1.807, 2.05) is 27.7 Å². The summed E-state index contributed by atoms with van der Waals surface area (Å²) in [5, 5.41) is 0. The predicted octanol–water partition coefficient (Wildman–Crippen LogP) is 4.11. The average molecular weight is 312 g/mol. The first-order valence-corrected chi connectivity index (χ1v) is 8.75. The third-order valence-electron chi connectivity index (χ3n) is 4.32. The Bertz CT molecular complexity index is 335. The summed E-state index contributed by atoms with van der Waals surface area (Å²) in [6.45, 7) is 8.66. The van der Waals surface area contributed by atoms with Crippen LogP contribution in [0.4, 0.5) is 0 Å². The standard InChI is InChI=1S/C18H32O4/c1-13(2)18(14(3)4)22-17(20)11-10-16(19)21-12-15-8-6-5-7-9-15/h13-15,18H,5-12H2,1-4H3. The fraction of sp³-hybridized carbons (Fsp3) is 0.889. The lowest BCUT2D eigenvalue weighted by Crippen LogP contribution is -2.29. The molecular formula is C18H32O4. The second-order valence-electron chi connectivity index (χ2n) is 7.13. The van der Waals surface area contributed by atoms with Gasteiger partial charge in [0.1, 0.15) is 6.10 Å². The molecule has 4 nitrogen and oxygen atoms in total. The largest absolute Gasteiger partial charge is 0.465 e. The Balaban J connectivity index is 2.20. The molecule has 0 amide bonds. The molecule has 128 valence electrons. The second-order valence-corrected chi connectivity index (χ2v) is 7.13. The van der Waals surface area contributed by atoms with E-state index in [4.69, 9.17) is 9.47 Å². The van der Waals surface area contributed by atoms with Gasteiger partial charge >= 0.3 is 11.9 Å². The lowest BCUT2D eigenvalue weighted by Gasteiger charge is -2.25. The van der Waals surface area contributed by atoms with E-state index in [0.29, 0.717) is 12.5 Å². The molecule has 0 N–H and O–H groups in total. The molecule has 0 aromatic carbocycles. The normalized spacial score (nSPS) is 16.3. The van der Waals surface area contributed by atoms with E-state index in [-0.39, 0.29) is 42.7 Å². The van der Waals surface area contributed by atoms with E-state index in [1.54, 1.807) is 0 Å². The minimum Gasteiger partial charge on any atom is -0.465 e. The van der Waals surface area contributed by atoms with Crippen LogP contribution in [0.2, 0.25) is 0 Å². The molecule has 4 heteroatoms. The Hall–Kier alpha value is -1.06. The zero-order chi connectivity index (χ0) is 16.5. The van der Waals surface area contributed by atoms with Crippen molar-refractivity contribution in [2.75, 3.05) is 6.61 Å². The molecule has 0 radical (unpaired) electrons. The highest BCUT2D eigenvalue weighted by atomic mass is 16.5. The highest BCUT2D eigenvalue weighted by molar-refractivity contribution is 5.77. The third-order valence-corrected chi connectivity index (χ3v) is 4.32. The molecule has 1 rings (SSSR count). The van der Waals surface area contributed by atoms with Crippen LogP contribution in [0.15, 0.2) is 0 Å². The summed E-state index contributed by atoms with van der Waals surface area (Å²) in [7, 11) is 0. The van der Waals surface area contributed by atoms with Gasteiger partial charge in [-0.1, -0.05) is 47.0 Å². The van der Waals surface area contributed by atoms with E-state index in [9.17, 15) is 9.59 Å². The SMILES string of the molecule is CC(C)C(OC(=O)CCC(=O)OCC1CCCCC1)C(C)C. The summed E-state index contributed by atoms with van der Waals surface area (Å²) < 4.78 is 10.8. The van der Waals surface area contributed by atoms with Gasteiger partial charge in [-0.25, -0.2) is 0 Å². The van der Waals surface area contributed by atoms with Gasteiger partial charge in [0.15, 0.2) is 0 Å². The smallest absolute Gasteiger partial charge is 0.306 e. The Morgan fingerprint density at radius 1 is 0.909 bits per heavy atom. The van der Waals surface area contributed by atoms with Crippen LogP contribution < -0.4 is 0 Å². The third kappa shape index (κ3) is 7.28. The van der Waals surface area contributed by atoms with Crippen LogP contribution in [0, 0.1) is 17.8 Å². The predicted molar refractivity (Wildman–Crippen MR) is 86.3 cm³/mol. The maximum Gasteiger partial charge on any atom is 0.306 e. The van der Waals surface area contributed by atoms with Gasteiger partial charge < -0.3 is 9.47 Å². The van der Waals surface area contributed by atoms with Gasteiger partial charge in [-0.2, -0.15) is 0 Å². The Labute approximate surface area is 134 Å². The van der Waals surface area contributed by atoms with Crippen molar-refractivity contribution in [3.63, 3.8) is 0 Å². The number of esters is 2. The number of hydrogen-bond acceptors (Lipinski definition) is 4. The molecular weight excluding hydrogens is 280 g/mol. The van der Waals surface area contributed by atoms with Gasteiger partial charge in [0.05, 0.1) is 19.4 Å². The molecule has 0 saturated heterocycles. The summed E-state index contributed by atoms with van der Waals surface area (Å²) in [4.78, 5) is 23.6. The summed E-state index contributed by atoms with van der Waals surface area (Å²) in [5.74, 6) is 0.482. The molecule has 0 aliphatic heterocycles. The van der Waals surface area contributed by atoms with E-state index >= 15 is 0 Å². The number of carbonyl (C=O) groups excluding carboxylic acids is 2. The van der Waals surface area contributed by atoms with Gasteiger partial charge in [-0.15, -0.1) is 0 Å². The topological polar surface area (TPSA) is 52.6 Å². The second kappa shape index (κ2) is 9.86. The van der Waals surface area contributed by atoms with Crippen molar-refractivity contribution in [2.45, 2.75) is 78.7 Å². The van der Waals surface area contributed by atoms with E-state index in [1.165, 1.54) is 19.3 Å². The van der Waals surface area contributed by atoms with Gasteiger partial charge in [0.2, 0.25) is 0 Å². The van der Waals surface area contributed by atoms with Gasteiger partial charge in [0.25, 0.3) is 0 Å². The number of hydrogen-bond donors (Lipinski definition) is 0. The fourth-order valence-electron chi connectivity index (χ4n) is 3.09. The molecule has 0 aromatic heterocycles.